The van der Waals surface area contributed by atoms with Crippen LogP contribution in [0.1, 0.15) is 25.3 Å². The highest BCUT2D eigenvalue weighted by Crippen LogP contribution is 2.23. The van der Waals surface area contributed by atoms with Crippen molar-refractivity contribution >= 4 is 12.2 Å². The Morgan fingerprint density at radius 2 is 2.00 bits per heavy atom. The molecule has 0 saturated heterocycles. The van der Waals surface area contributed by atoms with Gasteiger partial charge < -0.3 is 4.98 Å². The molecule has 2 heterocycles. The molecule has 0 fully saturated rings. The van der Waals surface area contributed by atoms with E-state index >= 15 is 0 Å². The zero-order chi connectivity index (χ0) is 11.9. The van der Waals surface area contributed by atoms with Crippen molar-refractivity contribution < 1.29 is 8.78 Å². The molecule has 0 unspecified atom stereocenters. The van der Waals surface area contributed by atoms with Crippen molar-refractivity contribution in [3.63, 3.8) is 0 Å². The van der Waals surface area contributed by atoms with E-state index in [-0.39, 0.29) is 17.4 Å². The maximum Gasteiger partial charge on any atom is 0.267 e. The Morgan fingerprint density at radius 3 is 2.62 bits per heavy atom. The number of rotatable bonds is 1. The zero-order valence-electron chi connectivity index (χ0n) is 8.71. The predicted octanol–water partition coefficient (Wildman–Crippen LogP) is 3.04. The molecule has 0 aromatic rings. The van der Waals surface area contributed by atoms with Crippen molar-refractivity contribution in [2.45, 2.75) is 19.8 Å². The van der Waals surface area contributed by atoms with Gasteiger partial charge in [-0.3, -0.25) is 0 Å². The number of aromatic amines is 1. The molecule has 2 aliphatic rings. The maximum atomic E-state index is 12.9. The van der Waals surface area contributed by atoms with E-state index in [1.165, 1.54) is 0 Å². The van der Waals surface area contributed by atoms with E-state index in [4.69, 9.17) is 12.2 Å². The molecule has 0 aromatic carbocycles. The van der Waals surface area contributed by atoms with Crippen LogP contribution in [0.4, 0.5) is 8.78 Å². The molecular formula is C10H9F2N3S. The molecule has 0 radical (unpaired) electrons. The lowest BCUT2D eigenvalue weighted by Gasteiger charge is -2.09. The van der Waals surface area contributed by atoms with E-state index in [0.717, 1.165) is 5.56 Å². The van der Waals surface area contributed by atoms with Crippen LogP contribution in [-0.2, 0) is 0 Å². The molecule has 84 valence electrons. The van der Waals surface area contributed by atoms with Gasteiger partial charge in [0.15, 0.2) is 5.82 Å². The van der Waals surface area contributed by atoms with Crippen molar-refractivity contribution in [3.8, 4) is 11.5 Å². The summed E-state index contributed by atoms with van der Waals surface area (Å²) in [5.74, 6) is -1.97. The summed E-state index contributed by atoms with van der Waals surface area (Å²) >= 11 is 5.06. The fourth-order valence-corrected chi connectivity index (χ4v) is 1.79. The van der Waals surface area contributed by atoms with Gasteiger partial charge in [-0.25, -0.2) is 9.97 Å². The quantitative estimate of drug-likeness (QED) is 0.780. The van der Waals surface area contributed by atoms with Crippen LogP contribution in [-0.4, -0.2) is 15.0 Å². The maximum absolute atomic E-state index is 12.9. The summed E-state index contributed by atoms with van der Waals surface area (Å²) in [5.41, 5.74) is 1.07. The first-order valence-electron chi connectivity index (χ1n) is 4.75. The summed E-state index contributed by atoms with van der Waals surface area (Å²) in [4.78, 5) is 9.65. The van der Waals surface area contributed by atoms with E-state index in [9.17, 15) is 8.78 Å². The third-order valence-corrected chi connectivity index (χ3v) is 2.57. The summed E-state index contributed by atoms with van der Waals surface area (Å²) < 4.78 is 26.2. The van der Waals surface area contributed by atoms with E-state index in [0.29, 0.717) is 4.64 Å². The number of nitrogens with one attached hydrogen (secondary N) is 1. The first-order chi connectivity index (χ1) is 7.49. The minimum absolute atomic E-state index is 0.160. The molecule has 0 atom stereocenters. The highest BCUT2D eigenvalue weighted by atomic mass is 32.1. The summed E-state index contributed by atoms with van der Waals surface area (Å²) in [6.45, 7) is 3.89. The van der Waals surface area contributed by atoms with Crippen molar-refractivity contribution in [3.05, 3.63) is 28.2 Å². The largest absolute Gasteiger partial charge is 0.311 e. The Hall–Kier alpha value is -1.43. The Kier molecular flexibility index (Phi) is 2.67. The van der Waals surface area contributed by atoms with Gasteiger partial charge in [-0.05, 0) is 17.5 Å². The van der Waals surface area contributed by atoms with E-state index in [1.54, 1.807) is 6.07 Å². The number of nitrogens with zero attached hydrogens (tertiary/aromatic N) is 2. The van der Waals surface area contributed by atoms with Crippen molar-refractivity contribution in [2.24, 2.45) is 0 Å². The number of pyridine rings is 1. The average Bonchev–Trinajstić information content (AvgIpc) is 2.19. The number of hydrogen-bond acceptors (Lipinski definition) is 3. The standard InChI is InChI=1S/C10H9F2N3S/c1-4(2)5-3-6-9(15-10(5)16)14-8(12)7(11)13-6/h3-4H,1-2H3,(H,14,15,16). The minimum atomic E-state index is -1.17. The molecule has 16 heavy (non-hydrogen) atoms. The number of fused-ring (bicyclic) bond motifs is 1. The highest BCUT2D eigenvalue weighted by Gasteiger charge is 2.15. The lowest BCUT2D eigenvalue weighted by molar-refractivity contribution is 0.452. The highest BCUT2D eigenvalue weighted by molar-refractivity contribution is 7.71. The second kappa shape index (κ2) is 3.86. The third kappa shape index (κ3) is 1.80. The monoisotopic (exact) mass is 241 g/mol. The smallest absolute Gasteiger partial charge is 0.267 e. The Balaban J connectivity index is 2.76. The van der Waals surface area contributed by atoms with Crippen LogP contribution in [0, 0.1) is 16.5 Å². The van der Waals surface area contributed by atoms with Crippen LogP contribution < -0.4 is 0 Å². The van der Waals surface area contributed by atoms with E-state index < -0.39 is 11.9 Å². The molecule has 6 heteroatoms. The molecule has 0 amide bonds. The first kappa shape index (κ1) is 11.1. The van der Waals surface area contributed by atoms with Crippen LogP contribution in [0.15, 0.2) is 6.07 Å². The molecule has 0 saturated carbocycles. The Labute approximate surface area is 95.9 Å². The normalized spacial score (nSPS) is 11.3. The molecule has 0 aromatic heterocycles. The van der Waals surface area contributed by atoms with Gasteiger partial charge in [0, 0.05) is 0 Å². The molecule has 3 nitrogen and oxygen atoms in total. The summed E-state index contributed by atoms with van der Waals surface area (Å²) in [7, 11) is 0. The summed E-state index contributed by atoms with van der Waals surface area (Å²) in [6, 6.07) is 1.63. The Morgan fingerprint density at radius 1 is 1.31 bits per heavy atom. The molecular weight excluding hydrogens is 232 g/mol. The van der Waals surface area contributed by atoms with Gasteiger partial charge >= 0.3 is 0 Å². The minimum Gasteiger partial charge on any atom is -0.311 e. The van der Waals surface area contributed by atoms with Gasteiger partial charge in [0.05, 0.1) is 0 Å². The van der Waals surface area contributed by atoms with Gasteiger partial charge in [0.1, 0.15) is 10.3 Å². The fraction of sp³-hybridized carbons (Fsp3) is 0.300. The van der Waals surface area contributed by atoms with Gasteiger partial charge in [-0.2, -0.15) is 8.78 Å². The zero-order valence-corrected chi connectivity index (χ0v) is 9.53. The predicted molar refractivity (Wildman–Crippen MR) is 57.8 cm³/mol. The molecule has 2 rings (SSSR count). The van der Waals surface area contributed by atoms with Gasteiger partial charge in [-0.1, -0.05) is 26.1 Å². The molecule has 0 bridgehead atoms. The van der Waals surface area contributed by atoms with Crippen LogP contribution in [0.2, 0.25) is 0 Å². The number of aromatic nitrogens is 3. The average molecular weight is 241 g/mol. The second-order valence-corrected chi connectivity index (χ2v) is 4.13. The van der Waals surface area contributed by atoms with Crippen LogP contribution in [0.3, 0.4) is 0 Å². The lowest BCUT2D eigenvalue weighted by Crippen LogP contribution is -2.05. The van der Waals surface area contributed by atoms with Crippen molar-refractivity contribution in [1.29, 1.82) is 0 Å². The first-order valence-corrected chi connectivity index (χ1v) is 5.16. The summed E-state index contributed by atoms with van der Waals surface area (Å²) in [6.07, 6.45) is 0. The number of halogens is 2. The number of H-pyrrole nitrogens is 1. The SMILES string of the molecule is CC(C)c1cc2nc(F)c(F)[nH]c-2nc1=S. The Bertz CT molecular complexity index is 565. The topological polar surface area (TPSA) is 41.6 Å². The van der Waals surface area contributed by atoms with Crippen molar-refractivity contribution in [1.82, 2.24) is 15.0 Å². The fourth-order valence-electron chi connectivity index (χ4n) is 1.40. The third-order valence-electron chi connectivity index (χ3n) is 2.25. The lowest BCUT2D eigenvalue weighted by atomic mass is 10.0. The summed E-state index contributed by atoms with van der Waals surface area (Å²) in [5, 5.41) is 0. The molecule has 0 aliphatic carbocycles. The van der Waals surface area contributed by atoms with Crippen LogP contribution >= 0.6 is 12.2 Å². The van der Waals surface area contributed by atoms with Gasteiger partial charge in [-0.15, -0.1) is 0 Å². The van der Waals surface area contributed by atoms with Gasteiger partial charge in [0.2, 0.25) is 5.95 Å². The van der Waals surface area contributed by atoms with E-state index in [2.05, 4.69) is 15.0 Å². The van der Waals surface area contributed by atoms with E-state index in [1.807, 2.05) is 13.8 Å². The van der Waals surface area contributed by atoms with Crippen LogP contribution in [0.25, 0.3) is 11.5 Å². The van der Waals surface area contributed by atoms with Crippen molar-refractivity contribution in [2.75, 3.05) is 0 Å². The van der Waals surface area contributed by atoms with Crippen LogP contribution in [0.5, 0.6) is 0 Å². The molecule has 1 N–H and O–H groups in total. The molecule has 2 aliphatic heterocycles. The molecule has 0 spiro atoms. The second-order valence-electron chi connectivity index (χ2n) is 3.75. The number of hydrogen-bond donors (Lipinski definition) is 1. The van der Waals surface area contributed by atoms with Gasteiger partial charge in [0.25, 0.3) is 5.95 Å².